The number of anilines is 1. The number of thiophene rings is 1. The molecule has 0 amide bonds. The van der Waals surface area contributed by atoms with Crippen LogP contribution in [0, 0.1) is 22.0 Å². The quantitative estimate of drug-likeness (QED) is 0.674. The van der Waals surface area contributed by atoms with Gasteiger partial charge in [-0.05, 0) is 25.2 Å². The van der Waals surface area contributed by atoms with Gasteiger partial charge in [0.1, 0.15) is 4.21 Å². The molecule has 1 aliphatic heterocycles. The number of hydrogen-bond acceptors (Lipinski definition) is 6. The number of sulfonamides is 1. The largest absolute Gasteiger partial charge is 0.385 e. The Morgan fingerprint density at radius 2 is 2.05 bits per heavy atom. The summed E-state index contributed by atoms with van der Waals surface area (Å²) in [7, 11) is -3.74. The SMILES string of the molecule is CC1CC(C)C(C)N(S(=O)(=O)c2cc([N+](=O)[O-])c(N)s2)C1. The molecule has 1 aliphatic rings. The van der Waals surface area contributed by atoms with Gasteiger partial charge in [-0.15, -0.1) is 0 Å². The summed E-state index contributed by atoms with van der Waals surface area (Å²) in [6.45, 7) is 6.34. The molecule has 2 N–H and O–H groups in total. The molecule has 0 aromatic carbocycles. The van der Waals surface area contributed by atoms with Gasteiger partial charge in [0.2, 0.25) is 0 Å². The minimum Gasteiger partial charge on any atom is -0.385 e. The Kier molecular flexibility index (Phi) is 4.27. The van der Waals surface area contributed by atoms with Crippen LogP contribution in [0.15, 0.2) is 10.3 Å². The van der Waals surface area contributed by atoms with Gasteiger partial charge < -0.3 is 5.73 Å². The molecule has 3 atom stereocenters. The Morgan fingerprint density at radius 3 is 2.57 bits per heavy atom. The van der Waals surface area contributed by atoms with Crippen molar-refractivity contribution in [2.24, 2.45) is 11.8 Å². The van der Waals surface area contributed by atoms with Crippen LogP contribution in [0.2, 0.25) is 0 Å². The summed E-state index contributed by atoms with van der Waals surface area (Å²) in [4.78, 5) is 10.2. The molecule has 21 heavy (non-hydrogen) atoms. The van der Waals surface area contributed by atoms with Gasteiger partial charge in [-0.25, -0.2) is 8.42 Å². The number of nitrogen functional groups attached to an aromatic ring is 1. The Hall–Kier alpha value is -1.19. The molecule has 3 unspecified atom stereocenters. The summed E-state index contributed by atoms with van der Waals surface area (Å²) in [5, 5.41) is 10.8. The molecular weight excluding hydrogens is 314 g/mol. The topological polar surface area (TPSA) is 107 Å². The first-order valence-corrected chi connectivity index (χ1v) is 8.95. The second-order valence-corrected chi connectivity index (χ2v) is 8.91. The van der Waals surface area contributed by atoms with Crippen LogP contribution in [0.1, 0.15) is 27.2 Å². The van der Waals surface area contributed by atoms with E-state index in [1.54, 1.807) is 0 Å². The molecule has 2 rings (SSSR count). The minimum atomic E-state index is -3.74. The van der Waals surface area contributed by atoms with Gasteiger partial charge >= 0.3 is 5.69 Å². The zero-order valence-corrected chi connectivity index (χ0v) is 13.8. The van der Waals surface area contributed by atoms with Crippen LogP contribution in [0.3, 0.4) is 0 Å². The number of nitrogens with zero attached hydrogens (tertiary/aromatic N) is 2. The predicted molar refractivity (Wildman–Crippen MR) is 81.7 cm³/mol. The highest BCUT2D eigenvalue weighted by Crippen LogP contribution is 2.38. The van der Waals surface area contributed by atoms with Crippen molar-refractivity contribution in [3.63, 3.8) is 0 Å². The zero-order chi connectivity index (χ0) is 15.9. The molecule has 0 aliphatic carbocycles. The number of rotatable bonds is 3. The second kappa shape index (κ2) is 5.54. The Labute approximate surface area is 127 Å². The molecule has 2 heterocycles. The van der Waals surface area contributed by atoms with Crippen molar-refractivity contribution >= 4 is 32.0 Å². The lowest BCUT2D eigenvalue weighted by Crippen LogP contribution is -2.48. The molecule has 9 heteroatoms. The highest BCUT2D eigenvalue weighted by atomic mass is 32.2. The van der Waals surface area contributed by atoms with Crippen molar-refractivity contribution in [1.82, 2.24) is 4.31 Å². The number of nitro groups is 1. The van der Waals surface area contributed by atoms with Gasteiger partial charge in [0.05, 0.1) is 4.92 Å². The van der Waals surface area contributed by atoms with E-state index in [1.165, 1.54) is 4.31 Å². The van der Waals surface area contributed by atoms with Crippen LogP contribution < -0.4 is 5.73 Å². The molecule has 1 aromatic heterocycles. The van der Waals surface area contributed by atoms with E-state index in [1.807, 2.05) is 20.8 Å². The van der Waals surface area contributed by atoms with Crippen LogP contribution in [0.25, 0.3) is 0 Å². The van der Waals surface area contributed by atoms with Crippen molar-refractivity contribution in [3.8, 4) is 0 Å². The summed E-state index contributed by atoms with van der Waals surface area (Å²) < 4.78 is 26.9. The van der Waals surface area contributed by atoms with Crippen molar-refractivity contribution in [1.29, 1.82) is 0 Å². The van der Waals surface area contributed by atoms with Crippen LogP contribution in [0.5, 0.6) is 0 Å². The van der Waals surface area contributed by atoms with Crippen molar-refractivity contribution in [3.05, 3.63) is 16.2 Å². The van der Waals surface area contributed by atoms with Crippen LogP contribution in [-0.4, -0.2) is 30.2 Å². The maximum atomic E-state index is 12.7. The molecule has 1 aromatic rings. The van der Waals surface area contributed by atoms with Gasteiger partial charge in [0.25, 0.3) is 10.0 Å². The Morgan fingerprint density at radius 1 is 1.43 bits per heavy atom. The standard InChI is InChI=1S/C12H19N3O4S2/c1-7-4-8(2)9(3)14(6-7)21(18,19)11-5-10(15(16)17)12(13)20-11/h5,7-9H,4,6,13H2,1-3H3. The average molecular weight is 333 g/mol. The first-order valence-electron chi connectivity index (χ1n) is 6.70. The van der Waals surface area contributed by atoms with Crippen LogP contribution in [0.4, 0.5) is 10.7 Å². The Bertz CT molecular complexity index is 655. The monoisotopic (exact) mass is 333 g/mol. The van der Waals surface area contributed by atoms with Gasteiger partial charge in [-0.1, -0.05) is 25.2 Å². The van der Waals surface area contributed by atoms with Crippen molar-refractivity contribution in [2.45, 2.75) is 37.4 Å². The summed E-state index contributed by atoms with van der Waals surface area (Å²) >= 11 is 0.754. The van der Waals surface area contributed by atoms with E-state index in [9.17, 15) is 18.5 Å². The van der Waals surface area contributed by atoms with E-state index in [0.29, 0.717) is 6.54 Å². The van der Waals surface area contributed by atoms with E-state index in [-0.39, 0.29) is 32.8 Å². The third kappa shape index (κ3) is 2.90. The summed E-state index contributed by atoms with van der Waals surface area (Å²) in [5.41, 5.74) is 5.21. The lowest BCUT2D eigenvalue weighted by Gasteiger charge is -2.39. The van der Waals surface area contributed by atoms with Gasteiger partial charge in [0.15, 0.2) is 5.00 Å². The highest BCUT2D eigenvalue weighted by molar-refractivity contribution is 7.91. The highest BCUT2D eigenvalue weighted by Gasteiger charge is 2.39. The fourth-order valence-corrected chi connectivity index (χ4v) is 5.93. The fraction of sp³-hybridized carbons (Fsp3) is 0.667. The van der Waals surface area contributed by atoms with Gasteiger partial charge in [0, 0.05) is 18.7 Å². The fourth-order valence-electron chi connectivity index (χ4n) is 2.74. The maximum absolute atomic E-state index is 12.7. The molecule has 0 bridgehead atoms. The molecule has 0 saturated carbocycles. The van der Waals surface area contributed by atoms with E-state index in [2.05, 4.69) is 0 Å². The van der Waals surface area contributed by atoms with E-state index in [0.717, 1.165) is 23.8 Å². The molecule has 1 fully saturated rings. The maximum Gasteiger partial charge on any atom is 0.304 e. The van der Waals surface area contributed by atoms with E-state index in [4.69, 9.17) is 5.73 Å². The normalized spacial score (nSPS) is 27.7. The first-order chi connectivity index (χ1) is 9.64. The van der Waals surface area contributed by atoms with Crippen LogP contribution >= 0.6 is 11.3 Å². The zero-order valence-electron chi connectivity index (χ0n) is 12.1. The van der Waals surface area contributed by atoms with E-state index >= 15 is 0 Å². The van der Waals surface area contributed by atoms with E-state index < -0.39 is 14.9 Å². The smallest absolute Gasteiger partial charge is 0.304 e. The molecular formula is C12H19N3O4S2. The van der Waals surface area contributed by atoms with Crippen molar-refractivity contribution < 1.29 is 13.3 Å². The first kappa shape index (κ1) is 16.2. The second-order valence-electron chi connectivity index (χ2n) is 5.71. The molecule has 118 valence electrons. The molecule has 1 saturated heterocycles. The third-order valence-electron chi connectivity index (χ3n) is 4.02. The van der Waals surface area contributed by atoms with Crippen LogP contribution in [-0.2, 0) is 10.0 Å². The average Bonchev–Trinajstić information content (AvgIpc) is 2.76. The van der Waals surface area contributed by atoms with Gasteiger partial charge in [-0.3, -0.25) is 10.1 Å². The summed E-state index contributed by atoms with van der Waals surface area (Å²) in [6, 6.07) is 0.931. The summed E-state index contributed by atoms with van der Waals surface area (Å²) in [6.07, 6.45) is 0.972. The third-order valence-corrected chi connectivity index (χ3v) is 7.38. The predicted octanol–water partition coefficient (Wildman–Crippen LogP) is 2.29. The number of nitrogens with two attached hydrogens (primary N) is 1. The molecule has 7 nitrogen and oxygen atoms in total. The lowest BCUT2D eigenvalue weighted by atomic mass is 9.88. The van der Waals surface area contributed by atoms with Gasteiger partial charge in [-0.2, -0.15) is 4.31 Å². The lowest BCUT2D eigenvalue weighted by molar-refractivity contribution is -0.383. The number of hydrogen-bond donors (Lipinski definition) is 1. The van der Waals surface area contributed by atoms with Crippen molar-refractivity contribution in [2.75, 3.05) is 12.3 Å². The Balaban J connectivity index is 2.41. The molecule has 0 spiro atoms. The number of piperidine rings is 1. The molecule has 0 radical (unpaired) electrons. The summed E-state index contributed by atoms with van der Waals surface area (Å²) in [5.74, 6) is 0.508. The minimum absolute atomic E-state index is 0.0557.